The highest BCUT2D eigenvalue weighted by molar-refractivity contribution is 7.92. The number of aryl methyl sites for hydroxylation is 3. The van der Waals surface area contributed by atoms with Crippen molar-refractivity contribution in [1.29, 1.82) is 0 Å². The molecule has 9 heteroatoms. The molecular weight excluding hydrogens is 623 g/mol. The zero-order chi connectivity index (χ0) is 34.3. The molecule has 1 aliphatic rings. The third-order valence-electron chi connectivity index (χ3n) is 9.13. The molecule has 0 unspecified atom stereocenters. The minimum Gasteiger partial charge on any atom is -0.497 e. The molecule has 0 spiro atoms. The molecular formula is C39H45N3O5S. The van der Waals surface area contributed by atoms with Crippen molar-refractivity contribution >= 4 is 27.5 Å². The Morgan fingerprint density at radius 2 is 1.52 bits per heavy atom. The predicted molar refractivity (Wildman–Crippen MR) is 190 cm³/mol. The van der Waals surface area contributed by atoms with Gasteiger partial charge in [0.1, 0.15) is 18.3 Å². The number of carbonyl (C=O) groups excluding carboxylic acids is 2. The quantitative estimate of drug-likeness (QED) is 0.175. The van der Waals surface area contributed by atoms with Crippen LogP contribution < -0.4 is 14.4 Å². The van der Waals surface area contributed by atoms with Gasteiger partial charge in [0.05, 0.1) is 17.7 Å². The number of anilines is 1. The molecule has 0 aliphatic heterocycles. The number of methoxy groups -OCH3 is 1. The van der Waals surface area contributed by atoms with Crippen LogP contribution in [0.2, 0.25) is 0 Å². The summed E-state index contributed by atoms with van der Waals surface area (Å²) in [4.78, 5) is 30.6. The normalized spacial score (nSPS) is 13.9. The van der Waals surface area contributed by atoms with Crippen LogP contribution in [0.3, 0.4) is 0 Å². The number of carbonyl (C=O) groups is 2. The Morgan fingerprint density at radius 1 is 0.833 bits per heavy atom. The standard InChI is InChI=1S/C39H45N3O5S/c1-28-17-21-36(22-18-28)48(45,46)42(34-20-19-29(2)30(3)23-34)27-38(43)41(26-32-13-10-16-35(24-32)47-4)37(25-31-11-6-5-7-12-31)39(44)40-33-14-8-9-15-33/h5-7,10-13,16-24,33,37H,8-9,14-15,25-27H2,1-4H3,(H,40,44)/t37-/m0/s1. The molecule has 0 saturated heterocycles. The largest absolute Gasteiger partial charge is 0.497 e. The van der Waals surface area contributed by atoms with Gasteiger partial charge in [0, 0.05) is 19.0 Å². The van der Waals surface area contributed by atoms with Gasteiger partial charge in [-0.05, 0) is 92.3 Å². The average molecular weight is 668 g/mol. The van der Waals surface area contributed by atoms with Crippen molar-refractivity contribution < 1.29 is 22.7 Å². The Morgan fingerprint density at radius 3 is 2.19 bits per heavy atom. The fourth-order valence-electron chi connectivity index (χ4n) is 6.14. The molecule has 252 valence electrons. The van der Waals surface area contributed by atoms with E-state index in [2.05, 4.69) is 5.32 Å². The van der Waals surface area contributed by atoms with Crippen LogP contribution >= 0.6 is 0 Å². The van der Waals surface area contributed by atoms with Gasteiger partial charge in [-0.15, -0.1) is 0 Å². The maximum Gasteiger partial charge on any atom is 0.264 e. The summed E-state index contributed by atoms with van der Waals surface area (Å²) in [6, 6.07) is 28.1. The van der Waals surface area contributed by atoms with Crippen molar-refractivity contribution in [3.8, 4) is 5.75 Å². The number of ether oxygens (including phenoxy) is 1. The second kappa shape index (κ2) is 15.5. The number of nitrogens with zero attached hydrogens (tertiary/aromatic N) is 2. The van der Waals surface area contributed by atoms with Gasteiger partial charge in [0.2, 0.25) is 11.8 Å². The molecule has 0 bridgehead atoms. The van der Waals surface area contributed by atoms with Gasteiger partial charge in [0.15, 0.2) is 0 Å². The van der Waals surface area contributed by atoms with E-state index in [-0.39, 0.29) is 29.8 Å². The Hall–Kier alpha value is -4.63. The number of hydrogen-bond donors (Lipinski definition) is 1. The molecule has 0 aromatic heterocycles. The summed E-state index contributed by atoms with van der Waals surface area (Å²) >= 11 is 0. The van der Waals surface area contributed by atoms with E-state index in [1.165, 1.54) is 9.21 Å². The SMILES string of the molecule is COc1cccc(CN(C(=O)CN(c2ccc(C)c(C)c2)S(=O)(=O)c2ccc(C)cc2)[C@@H](Cc2ccccc2)C(=O)NC2CCCC2)c1. The first-order valence-corrected chi connectivity index (χ1v) is 17.9. The third kappa shape index (κ3) is 8.44. The van der Waals surface area contributed by atoms with E-state index in [1.807, 2.05) is 81.4 Å². The number of sulfonamides is 1. The lowest BCUT2D eigenvalue weighted by Crippen LogP contribution is -2.54. The fraction of sp³-hybridized carbons (Fsp3) is 0.333. The summed E-state index contributed by atoms with van der Waals surface area (Å²) in [5, 5.41) is 3.21. The van der Waals surface area contributed by atoms with E-state index in [1.54, 1.807) is 43.5 Å². The lowest BCUT2D eigenvalue weighted by atomic mass is 10.0. The maximum absolute atomic E-state index is 14.8. The van der Waals surface area contributed by atoms with Crippen molar-refractivity contribution in [2.24, 2.45) is 0 Å². The summed E-state index contributed by atoms with van der Waals surface area (Å²) in [6.07, 6.45) is 4.14. The molecule has 8 nitrogen and oxygen atoms in total. The van der Waals surface area contributed by atoms with Crippen molar-refractivity contribution in [2.75, 3.05) is 18.0 Å². The van der Waals surface area contributed by atoms with Crippen LogP contribution in [0.4, 0.5) is 5.69 Å². The van der Waals surface area contributed by atoms with E-state index in [9.17, 15) is 18.0 Å². The highest BCUT2D eigenvalue weighted by Gasteiger charge is 2.35. The second-order valence-corrected chi connectivity index (χ2v) is 14.5. The van der Waals surface area contributed by atoms with Crippen molar-refractivity contribution in [1.82, 2.24) is 10.2 Å². The van der Waals surface area contributed by atoms with Crippen molar-refractivity contribution in [3.63, 3.8) is 0 Å². The highest BCUT2D eigenvalue weighted by atomic mass is 32.2. The van der Waals surface area contributed by atoms with Gasteiger partial charge in [-0.3, -0.25) is 13.9 Å². The monoisotopic (exact) mass is 667 g/mol. The minimum atomic E-state index is -4.17. The third-order valence-corrected chi connectivity index (χ3v) is 10.9. The highest BCUT2D eigenvalue weighted by Crippen LogP contribution is 2.28. The zero-order valence-corrected chi connectivity index (χ0v) is 29.0. The second-order valence-electron chi connectivity index (χ2n) is 12.7. The summed E-state index contributed by atoms with van der Waals surface area (Å²) in [5.74, 6) is -0.121. The molecule has 4 aromatic carbocycles. The first-order chi connectivity index (χ1) is 23.0. The van der Waals surface area contributed by atoms with Crippen LogP contribution in [0.1, 0.15) is 53.5 Å². The predicted octanol–water partition coefficient (Wildman–Crippen LogP) is 6.51. The fourth-order valence-corrected chi connectivity index (χ4v) is 7.54. The topological polar surface area (TPSA) is 96.0 Å². The van der Waals surface area contributed by atoms with Gasteiger partial charge < -0.3 is 15.0 Å². The van der Waals surface area contributed by atoms with Gasteiger partial charge in [-0.25, -0.2) is 8.42 Å². The molecule has 1 saturated carbocycles. The Balaban J connectivity index is 1.59. The summed E-state index contributed by atoms with van der Waals surface area (Å²) in [6.45, 7) is 5.34. The van der Waals surface area contributed by atoms with Gasteiger partial charge in [-0.2, -0.15) is 0 Å². The molecule has 48 heavy (non-hydrogen) atoms. The number of amides is 2. The molecule has 1 aliphatic carbocycles. The van der Waals surface area contributed by atoms with Crippen LogP contribution in [0.25, 0.3) is 0 Å². The van der Waals surface area contributed by atoms with Gasteiger partial charge >= 0.3 is 0 Å². The average Bonchev–Trinajstić information content (AvgIpc) is 3.60. The Kier molecular flexibility index (Phi) is 11.2. The van der Waals surface area contributed by atoms with E-state index >= 15 is 0 Å². The maximum atomic E-state index is 14.8. The first-order valence-electron chi connectivity index (χ1n) is 16.5. The molecule has 0 heterocycles. The Labute approximate surface area is 284 Å². The van der Waals surface area contributed by atoms with E-state index in [4.69, 9.17) is 4.74 Å². The summed E-state index contributed by atoms with van der Waals surface area (Å²) in [5.41, 5.74) is 4.85. The van der Waals surface area contributed by atoms with E-state index in [0.717, 1.165) is 53.5 Å². The van der Waals surface area contributed by atoms with Crippen LogP contribution in [-0.2, 0) is 32.6 Å². The van der Waals surface area contributed by atoms with Crippen molar-refractivity contribution in [2.45, 2.75) is 76.4 Å². The number of hydrogen-bond acceptors (Lipinski definition) is 5. The van der Waals surface area contributed by atoms with Crippen LogP contribution in [0.5, 0.6) is 5.75 Å². The lowest BCUT2D eigenvalue weighted by Gasteiger charge is -2.34. The molecule has 5 rings (SSSR count). The van der Waals surface area contributed by atoms with Crippen molar-refractivity contribution in [3.05, 3.63) is 125 Å². The number of benzene rings is 4. The van der Waals surface area contributed by atoms with Gasteiger partial charge in [0.25, 0.3) is 10.0 Å². The van der Waals surface area contributed by atoms with E-state index in [0.29, 0.717) is 11.4 Å². The minimum absolute atomic E-state index is 0.0403. The lowest BCUT2D eigenvalue weighted by molar-refractivity contribution is -0.140. The summed E-state index contributed by atoms with van der Waals surface area (Å²) < 4.78 is 35.3. The Bertz CT molecular complexity index is 1820. The summed E-state index contributed by atoms with van der Waals surface area (Å²) in [7, 11) is -2.59. The smallest absolute Gasteiger partial charge is 0.264 e. The van der Waals surface area contributed by atoms with Crippen LogP contribution in [0.15, 0.2) is 102 Å². The molecule has 1 fully saturated rings. The number of rotatable bonds is 13. The molecule has 0 radical (unpaired) electrons. The molecule has 2 amide bonds. The van der Waals surface area contributed by atoms with E-state index < -0.39 is 28.5 Å². The molecule has 1 N–H and O–H groups in total. The van der Waals surface area contributed by atoms with Gasteiger partial charge in [-0.1, -0.05) is 79.1 Å². The van der Waals surface area contributed by atoms with Crippen LogP contribution in [0, 0.1) is 20.8 Å². The zero-order valence-electron chi connectivity index (χ0n) is 28.2. The first kappa shape index (κ1) is 34.7. The molecule has 1 atom stereocenters. The molecule has 4 aromatic rings. The van der Waals surface area contributed by atoms with Crippen LogP contribution in [-0.4, -0.2) is 50.9 Å². The number of nitrogens with one attached hydrogen (secondary N) is 1.